The Morgan fingerprint density at radius 2 is 1.85 bits per heavy atom. The predicted molar refractivity (Wildman–Crippen MR) is 99.9 cm³/mol. The average molecular weight is 388 g/mol. The van der Waals surface area contributed by atoms with E-state index in [4.69, 9.17) is 21.6 Å². The highest BCUT2D eigenvalue weighted by molar-refractivity contribution is 6.30. The molecule has 1 aliphatic rings. The Balaban J connectivity index is 1.45. The second-order valence-electron chi connectivity index (χ2n) is 6.33. The van der Waals surface area contributed by atoms with Gasteiger partial charge in [-0.05, 0) is 29.8 Å². The number of hydrogen-bond donors (Lipinski definition) is 0. The van der Waals surface area contributed by atoms with Gasteiger partial charge in [-0.3, -0.25) is 9.69 Å². The highest BCUT2D eigenvalue weighted by Gasteiger charge is 2.21. The SMILES string of the molecule is N#Cc1ccc(OCC(=O)N2CCN(Cc3ccc(Cl)cc3)CC2)cc1F. The van der Waals surface area contributed by atoms with E-state index in [1.54, 1.807) is 11.0 Å². The van der Waals surface area contributed by atoms with Crippen molar-refractivity contribution in [2.45, 2.75) is 6.54 Å². The Kier molecular flexibility index (Phi) is 6.28. The molecule has 2 aromatic rings. The van der Waals surface area contributed by atoms with E-state index in [1.165, 1.54) is 17.7 Å². The molecule has 0 bridgehead atoms. The third-order valence-electron chi connectivity index (χ3n) is 4.47. The summed E-state index contributed by atoms with van der Waals surface area (Å²) in [5.74, 6) is -0.551. The normalized spacial score (nSPS) is 14.6. The van der Waals surface area contributed by atoms with Crippen LogP contribution in [0.5, 0.6) is 5.75 Å². The van der Waals surface area contributed by atoms with Gasteiger partial charge in [0.25, 0.3) is 5.91 Å². The van der Waals surface area contributed by atoms with Crippen molar-refractivity contribution in [1.82, 2.24) is 9.80 Å². The van der Waals surface area contributed by atoms with Crippen molar-refractivity contribution in [3.05, 3.63) is 64.4 Å². The van der Waals surface area contributed by atoms with E-state index in [2.05, 4.69) is 4.90 Å². The fourth-order valence-electron chi connectivity index (χ4n) is 2.92. The molecule has 0 spiro atoms. The summed E-state index contributed by atoms with van der Waals surface area (Å²) in [6.45, 7) is 3.47. The van der Waals surface area contributed by atoms with Gasteiger partial charge in [-0.2, -0.15) is 5.26 Å². The zero-order valence-corrected chi connectivity index (χ0v) is 15.5. The smallest absolute Gasteiger partial charge is 0.260 e. The first-order valence-electron chi connectivity index (χ1n) is 8.62. The number of amides is 1. The van der Waals surface area contributed by atoms with Gasteiger partial charge in [0.2, 0.25) is 0 Å². The Labute approximate surface area is 162 Å². The molecule has 0 N–H and O–H groups in total. The lowest BCUT2D eigenvalue weighted by Crippen LogP contribution is -2.49. The predicted octanol–water partition coefficient (Wildman–Crippen LogP) is 3.07. The number of benzene rings is 2. The molecule has 0 radical (unpaired) electrons. The van der Waals surface area contributed by atoms with Gasteiger partial charge >= 0.3 is 0 Å². The van der Waals surface area contributed by atoms with E-state index in [1.807, 2.05) is 24.3 Å². The fraction of sp³-hybridized carbons (Fsp3) is 0.300. The lowest BCUT2D eigenvalue weighted by Gasteiger charge is -2.34. The van der Waals surface area contributed by atoms with E-state index in [0.29, 0.717) is 13.1 Å². The van der Waals surface area contributed by atoms with Gasteiger partial charge in [-0.1, -0.05) is 23.7 Å². The second-order valence-corrected chi connectivity index (χ2v) is 6.76. The van der Waals surface area contributed by atoms with Crippen molar-refractivity contribution in [3.8, 4) is 11.8 Å². The number of carbonyl (C=O) groups excluding carboxylic acids is 1. The lowest BCUT2D eigenvalue weighted by atomic mass is 10.2. The van der Waals surface area contributed by atoms with Crippen LogP contribution in [0.25, 0.3) is 0 Å². The maximum Gasteiger partial charge on any atom is 0.260 e. The molecule has 140 valence electrons. The number of piperazine rings is 1. The first-order valence-corrected chi connectivity index (χ1v) is 9.00. The number of nitriles is 1. The van der Waals surface area contributed by atoms with Gasteiger partial charge in [-0.15, -0.1) is 0 Å². The average Bonchev–Trinajstić information content (AvgIpc) is 2.68. The number of hydrogen-bond acceptors (Lipinski definition) is 4. The zero-order valence-electron chi connectivity index (χ0n) is 14.7. The van der Waals surface area contributed by atoms with E-state index in [9.17, 15) is 9.18 Å². The van der Waals surface area contributed by atoms with Crippen LogP contribution in [0.3, 0.4) is 0 Å². The third kappa shape index (κ3) is 5.19. The molecule has 0 aliphatic carbocycles. The molecule has 0 unspecified atom stereocenters. The minimum absolute atomic E-state index is 0.0505. The van der Waals surface area contributed by atoms with Crippen molar-refractivity contribution in [2.24, 2.45) is 0 Å². The minimum Gasteiger partial charge on any atom is -0.484 e. The molecule has 7 heteroatoms. The molecule has 0 saturated carbocycles. The molecule has 27 heavy (non-hydrogen) atoms. The van der Waals surface area contributed by atoms with Crippen LogP contribution in [0.4, 0.5) is 4.39 Å². The molecule has 0 aromatic heterocycles. The van der Waals surface area contributed by atoms with Gasteiger partial charge < -0.3 is 9.64 Å². The quantitative estimate of drug-likeness (QED) is 0.791. The molecule has 1 heterocycles. The molecule has 3 rings (SSSR count). The Morgan fingerprint density at radius 3 is 2.48 bits per heavy atom. The standard InChI is InChI=1S/C20H19ClFN3O2/c21-17-4-1-15(2-5-17)13-24-7-9-25(10-8-24)20(26)14-27-18-6-3-16(12-23)19(22)11-18/h1-6,11H,7-10,13-14H2. The Morgan fingerprint density at radius 1 is 1.15 bits per heavy atom. The fourth-order valence-corrected chi connectivity index (χ4v) is 3.04. The van der Waals surface area contributed by atoms with E-state index in [0.717, 1.165) is 30.7 Å². The van der Waals surface area contributed by atoms with Gasteiger partial charge in [0.15, 0.2) is 6.61 Å². The minimum atomic E-state index is -0.654. The maximum absolute atomic E-state index is 13.6. The summed E-state index contributed by atoms with van der Waals surface area (Å²) in [5.41, 5.74) is 1.14. The van der Waals surface area contributed by atoms with Gasteiger partial charge in [0.1, 0.15) is 17.6 Å². The van der Waals surface area contributed by atoms with Crippen molar-refractivity contribution in [2.75, 3.05) is 32.8 Å². The molecule has 1 saturated heterocycles. The number of nitrogens with zero attached hydrogens (tertiary/aromatic N) is 3. The van der Waals surface area contributed by atoms with Crippen LogP contribution in [0.2, 0.25) is 5.02 Å². The molecular formula is C20H19ClFN3O2. The second kappa shape index (κ2) is 8.85. The summed E-state index contributed by atoms with van der Waals surface area (Å²) >= 11 is 5.90. The third-order valence-corrected chi connectivity index (χ3v) is 4.72. The van der Waals surface area contributed by atoms with Crippen LogP contribution in [0.15, 0.2) is 42.5 Å². The maximum atomic E-state index is 13.6. The molecule has 1 amide bonds. The molecule has 5 nitrogen and oxygen atoms in total. The van der Waals surface area contributed by atoms with Crippen LogP contribution in [0.1, 0.15) is 11.1 Å². The number of rotatable bonds is 5. The van der Waals surface area contributed by atoms with Crippen molar-refractivity contribution in [1.29, 1.82) is 5.26 Å². The van der Waals surface area contributed by atoms with Gasteiger partial charge in [0, 0.05) is 43.8 Å². The summed E-state index contributed by atoms with van der Waals surface area (Å²) in [5, 5.41) is 9.44. The van der Waals surface area contributed by atoms with Crippen LogP contribution < -0.4 is 4.74 Å². The number of halogens is 2. The number of ether oxygens (including phenoxy) is 1. The monoisotopic (exact) mass is 387 g/mol. The largest absolute Gasteiger partial charge is 0.484 e. The van der Waals surface area contributed by atoms with E-state index < -0.39 is 5.82 Å². The molecular weight excluding hydrogens is 369 g/mol. The molecule has 0 atom stereocenters. The van der Waals surface area contributed by atoms with Crippen LogP contribution in [-0.2, 0) is 11.3 Å². The molecule has 1 aliphatic heterocycles. The van der Waals surface area contributed by atoms with Crippen molar-refractivity contribution >= 4 is 17.5 Å². The van der Waals surface area contributed by atoms with Crippen molar-refractivity contribution < 1.29 is 13.9 Å². The summed E-state index contributed by atoms with van der Waals surface area (Å²) in [6.07, 6.45) is 0. The highest BCUT2D eigenvalue weighted by atomic mass is 35.5. The molecule has 1 fully saturated rings. The Hall–Kier alpha value is -2.62. The summed E-state index contributed by atoms with van der Waals surface area (Å²) < 4.78 is 18.9. The van der Waals surface area contributed by atoms with Gasteiger partial charge in [0.05, 0.1) is 5.56 Å². The first kappa shape index (κ1) is 19.2. The van der Waals surface area contributed by atoms with Gasteiger partial charge in [-0.25, -0.2) is 4.39 Å². The van der Waals surface area contributed by atoms with Crippen LogP contribution in [-0.4, -0.2) is 48.5 Å². The summed E-state index contributed by atoms with van der Waals surface area (Å²) in [7, 11) is 0. The van der Waals surface area contributed by atoms with E-state index in [-0.39, 0.29) is 23.8 Å². The van der Waals surface area contributed by atoms with Crippen LogP contribution >= 0.6 is 11.6 Å². The zero-order chi connectivity index (χ0) is 19.2. The van der Waals surface area contributed by atoms with Crippen molar-refractivity contribution in [3.63, 3.8) is 0 Å². The lowest BCUT2D eigenvalue weighted by molar-refractivity contribution is -0.135. The highest BCUT2D eigenvalue weighted by Crippen LogP contribution is 2.17. The number of carbonyl (C=O) groups is 1. The molecule has 2 aromatic carbocycles. The summed E-state index contributed by atoms with van der Waals surface area (Å²) in [6, 6.07) is 13.4. The van der Waals surface area contributed by atoms with E-state index >= 15 is 0 Å². The topological polar surface area (TPSA) is 56.6 Å². The summed E-state index contributed by atoms with van der Waals surface area (Å²) in [4.78, 5) is 16.3. The Bertz CT molecular complexity index is 843. The first-order chi connectivity index (χ1) is 13.0. The van der Waals surface area contributed by atoms with Crippen LogP contribution in [0, 0.1) is 17.1 Å².